The molecule has 3 aromatic rings. The first kappa shape index (κ1) is 13.6. The van der Waals surface area contributed by atoms with Gasteiger partial charge in [-0.2, -0.15) is 0 Å². The Balaban J connectivity index is 2.44. The number of rotatable bonds is 2. The fourth-order valence-corrected chi connectivity index (χ4v) is 2.36. The van der Waals surface area contributed by atoms with Crippen molar-refractivity contribution in [1.82, 2.24) is 19.4 Å². The number of hydrogen-bond donors (Lipinski definition) is 0. The number of aromatic nitrogens is 4. The maximum absolute atomic E-state index is 12.5. The summed E-state index contributed by atoms with van der Waals surface area (Å²) in [5.74, 6) is -0.669. The molecule has 0 bridgehead atoms. The molecule has 0 spiro atoms. The number of benzene rings is 1. The molecule has 0 saturated heterocycles. The van der Waals surface area contributed by atoms with Crippen LogP contribution in [0.2, 0.25) is 5.02 Å². The van der Waals surface area contributed by atoms with E-state index in [1.54, 1.807) is 32.2 Å². The molecule has 2 heterocycles. The van der Waals surface area contributed by atoms with Crippen molar-refractivity contribution in [2.24, 2.45) is 7.05 Å². The Hall–Kier alpha value is -2.41. The molecule has 0 unspecified atom stereocenters. The van der Waals surface area contributed by atoms with Crippen LogP contribution in [0, 0.1) is 0 Å². The normalized spacial score (nSPS) is 11.2. The van der Waals surface area contributed by atoms with Crippen molar-refractivity contribution in [2.75, 3.05) is 6.61 Å². The van der Waals surface area contributed by atoms with Crippen LogP contribution in [0.15, 0.2) is 23.0 Å². The SMILES string of the molecule is CCOC(=O)c1nnn2c1c(=O)n(C)c1cc(Cl)ccc12. The predicted octanol–water partition coefficient (Wildman–Crippen LogP) is 1.41. The van der Waals surface area contributed by atoms with Gasteiger partial charge in [-0.1, -0.05) is 16.8 Å². The Morgan fingerprint density at radius 3 is 2.86 bits per heavy atom. The Labute approximate surface area is 123 Å². The number of carbonyl (C=O) groups excluding carboxylic acids is 1. The molecular formula is C13H11ClN4O3. The summed E-state index contributed by atoms with van der Waals surface area (Å²) in [6.07, 6.45) is 0. The van der Waals surface area contributed by atoms with E-state index in [-0.39, 0.29) is 17.8 Å². The summed E-state index contributed by atoms with van der Waals surface area (Å²) in [6, 6.07) is 5.05. The van der Waals surface area contributed by atoms with E-state index < -0.39 is 11.5 Å². The molecule has 0 N–H and O–H groups in total. The first-order chi connectivity index (χ1) is 10.0. The molecule has 21 heavy (non-hydrogen) atoms. The van der Waals surface area contributed by atoms with E-state index in [9.17, 15) is 9.59 Å². The second-order valence-electron chi connectivity index (χ2n) is 4.42. The van der Waals surface area contributed by atoms with Crippen LogP contribution in [0.3, 0.4) is 0 Å². The Kier molecular flexibility index (Phi) is 3.13. The molecule has 7 nitrogen and oxygen atoms in total. The summed E-state index contributed by atoms with van der Waals surface area (Å²) in [5, 5.41) is 8.17. The third-order valence-corrected chi connectivity index (χ3v) is 3.41. The third kappa shape index (κ3) is 1.97. The molecule has 2 aromatic heterocycles. The average Bonchev–Trinajstić information content (AvgIpc) is 2.90. The van der Waals surface area contributed by atoms with E-state index in [0.717, 1.165) is 0 Å². The van der Waals surface area contributed by atoms with Crippen molar-refractivity contribution in [1.29, 1.82) is 0 Å². The molecule has 0 aliphatic rings. The summed E-state index contributed by atoms with van der Waals surface area (Å²) in [7, 11) is 1.60. The number of carbonyl (C=O) groups is 1. The molecule has 1 aromatic carbocycles. The van der Waals surface area contributed by atoms with Crippen LogP contribution in [-0.4, -0.2) is 32.0 Å². The lowest BCUT2D eigenvalue weighted by Crippen LogP contribution is -2.22. The predicted molar refractivity (Wildman–Crippen MR) is 76.7 cm³/mol. The molecule has 108 valence electrons. The largest absolute Gasteiger partial charge is 0.461 e. The highest BCUT2D eigenvalue weighted by molar-refractivity contribution is 6.31. The van der Waals surface area contributed by atoms with E-state index in [2.05, 4.69) is 10.3 Å². The zero-order valence-electron chi connectivity index (χ0n) is 11.3. The van der Waals surface area contributed by atoms with Crippen molar-refractivity contribution < 1.29 is 9.53 Å². The Bertz CT molecular complexity index is 928. The Morgan fingerprint density at radius 1 is 1.38 bits per heavy atom. The number of hydrogen-bond acceptors (Lipinski definition) is 5. The lowest BCUT2D eigenvalue weighted by atomic mass is 10.2. The quantitative estimate of drug-likeness (QED) is 0.669. The summed E-state index contributed by atoms with van der Waals surface area (Å²) in [6.45, 7) is 1.88. The number of nitrogens with zero attached hydrogens (tertiary/aromatic N) is 4. The number of fused-ring (bicyclic) bond motifs is 3. The van der Waals surface area contributed by atoms with Gasteiger partial charge in [-0.15, -0.1) is 5.10 Å². The fraction of sp³-hybridized carbons (Fsp3) is 0.231. The van der Waals surface area contributed by atoms with E-state index >= 15 is 0 Å². The van der Waals surface area contributed by atoms with Gasteiger partial charge in [0.1, 0.15) is 0 Å². The van der Waals surface area contributed by atoms with Gasteiger partial charge in [0.15, 0.2) is 5.52 Å². The molecule has 0 aliphatic heterocycles. The smallest absolute Gasteiger partial charge is 0.361 e. The van der Waals surface area contributed by atoms with Crippen molar-refractivity contribution in [3.63, 3.8) is 0 Å². The van der Waals surface area contributed by atoms with Crippen LogP contribution < -0.4 is 5.56 Å². The Morgan fingerprint density at radius 2 is 2.14 bits per heavy atom. The van der Waals surface area contributed by atoms with Crippen molar-refractivity contribution in [3.05, 3.63) is 39.3 Å². The molecule has 0 amide bonds. The fourth-order valence-electron chi connectivity index (χ4n) is 2.19. The average molecular weight is 307 g/mol. The summed E-state index contributed by atoms with van der Waals surface area (Å²) >= 11 is 5.96. The first-order valence-corrected chi connectivity index (χ1v) is 6.63. The van der Waals surface area contributed by atoms with Crippen LogP contribution >= 0.6 is 11.6 Å². The van der Waals surface area contributed by atoms with Gasteiger partial charge < -0.3 is 9.30 Å². The highest BCUT2D eigenvalue weighted by Crippen LogP contribution is 2.19. The summed E-state index contributed by atoms with van der Waals surface area (Å²) in [5.41, 5.74) is 0.831. The van der Waals surface area contributed by atoms with Crippen LogP contribution in [0.25, 0.3) is 16.6 Å². The molecule has 0 radical (unpaired) electrons. The maximum atomic E-state index is 12.5. The van der Waals surface area contributed by atoms with E-state index in [1.165, 1.54) is 9.08 Å². The van der Waals surface area contributed by atoms with Gasteiger partial charge in [-0.25, -0.2) is 9.31 Å². The minimum Gasteiger partial charge on any atom is -0.461 e. The second-order valence-corrected chi connectivity index (χ2v) is 4.85. The van der Waals surface area contributed by atoms with E-state index in [0.29, 0.717) is 16.1 Å². The highest BCUT2D eigenvalue weighted by atomic mass is 35.5. The molecular weight excluding hydrogens is 296 g/mol. The van der Waals surface area contributed by atoms with Crippen LogP contribution in [0.1, 0.15) is 17.4 Å². The van der Waals surface area contributed by atoms with Crippen molar-refractivity contribution in [2.45, 2.75) is 6.92 Å². The minimum absolute atomic E-state index is 0.0886. The number of ether oxygens (including phenoxy) is 1. The van der Waals surface area contributed by atoms with E-state index in [4.69, 9.17) is 16.3 Å². The molecule has 8 heteroatoms. The van der Waals surface area contributed by atoms with Crippen LogP contribution in [-0.2, 0) is 11.8 Å². The van der Waals surface area contributed by atoms with Gasteiger partial charge in [0.2, 0.25) is 5.69 Å². The zero-order valence-corrected chi connectivity index (χ0v) is 12.1. The van der Waals surface area contributed by atoms with Gasteiger partial charge in [-0.3, -0.25) is 4.79 Å². The van der Waals surface area contributed by atoms with Gasteiger partial charge in [-0.05, 0) is 25.1 Å². The lowest BCUT2D eigenvalue weighted by molar-refractivity contribution is 0.0521. The van der Waals surface area contributed by atoms with Gasteiger partial charge in [0, 0.05) is 12.1 Å². The molecule has 0 saturated carbocycles. The van der Waals surface area contributed by atoms with Crippen LogP contribution in [0.4, 0.5) is 0 Å². The number of aryl methyl sites for hydroxylation is 1. The molecule has 0 aliphatic carbocycles. The maximum Gasteiger partial charge on any atom is 0.361 e. The zero-order chi connectivity index (χ0) is 15.1. The standard InChI is InChI=1S/C13H11ClN4O3/c1-3-21-13(20)10-11-12(19)17(2)9-6-7(14)4-5-8(9)18(11)16-15-10/h4-6H,3H2,1-2H3. The molecule has 3 rings (SSSR count). The first-order valence-electron chi connectivity index (χ1n) is 6.25. The second kappa shape index (κ2) is 4.85. The molecule has 0 fully saturated rings. The van der Waals surface area contributed by atoms with E-state index in [1.807, 2.05) is 0 Å². The van der Waals surface area contributed by atoms with Gasteiger partial charge in [0.05, 0.1) is 17.6 Å². The summed E-state index contributed by atoms with van der Waals surface area (Å²) in [4.78, 5) is 24.3. The lowest BCUT2D eigenvalue weighted by Gasteiger charge is -2.07. The van der Waals surface area contributed by atoms with Crippen molar-refractivity contribution in [3.8, 4) is 0 Å². The minimum atomic E-state index is -0.669. The highest BCUT2D eigenvalue weighted by Gasteiger charge is 2.21. The van der Waals surface area contributed by atoms with Crippen molar-refractivity contribution >= 4 is 34.1 Å². The number of esters is 1. The number of halogens is 1. The molecule has 0 atom stereocenters. The monoisotopic (exact) mass is 306 g/mol. The third-order valence-electron chi connectivity index (χ3n) is 3.17. The van der Waals surface area contributed by atoms with Gasteiger partial charge >= 0.3 is 5.97 Å². The van der Waals surface area contributed by atoms with Gasteiger partial charge in [0.25, 0.3) is 5.56 Å². The summed E-state index contributed by atoms with van der Waals surface area (Å²) < 4.78 is 7.64. The topological polar surface area (TPSA) is 78.5 Å². The van der Waals surface area contributed by atoms with Crippen LogP contribution in [0.5, 0.6) is 0 Å².